The van der Waals surface area contributed by atoms with Gasteiger partial charge in [0.05, 0.1) is 6.61 Å². The molecule has 1 aromatic carbocycles. The predicted octanol–water partition coefficient (Wildman–Crippen LogP) is 1.68. The van der Waals surface area contributed by atoms with Crippen LogP contribution in [0.4, 0.5) is 0 Å². The van der Waals surface area contributed by atoms with Gasteiger partial charge in [-0.25, -0.2) is 0 Å². The Labute approximate surface area is 107 Å². The fourth-order valence-corrected chi connectivity index (χ4v) is 2.82. The molecule has 0 spiro atoms. The molecular formula is C13H17ClN2O. The van der Waals surface area contributed by atoms with Gasteiger partial charge >= 0.3 is 0 Å². The van der Waals surface area contributed by atoms with Crippen LogP contribution in [0.1, 0.15) is 11.1 Å². The molecule has 0 saturated carbocycles. The second-order valence-corrected chi connectivity index (χ2v) is 5.03. The van der Waals surface area contributed by atoms with Crippen molar-refractivity contribution < 1.29 is 4.74 Å². The van der Waals surface area contributed by atoms with Crippen LogP contribution in [0.5, 0.6) is 5.75 Å². The monoisotopic (exact) mass is 252 g/mol. The van der Waals surface area contributed by atoms with Gasteiger partial charge in [0.2, 0.25) is 0 Å². The summed E-state index contributed by atoms with van der Waals surface area (Å²) in [5, 5.41) is 4.25. The summed E-state index contributed by atoms with van der Waals surface area (Å²) in [5.74, 6) is 1.03. The van der Waals surface area contributed by atoms with Crippen LogP contribution >= 0.6 is 11.6 Å². The van der Waals surface area contributed by atoms with E-state index in [-0.39, 0.29) is 0 Å². The molecular weight excluding hydrogens is 236 g/mol. The molecule has 3 rings (SSSR count). The molecule has 0 bridgehead atoms. The largest absolute Gasteiger partial charge is 0.493 e. The van der Waals surface area contributed by atoms with Crippen molar-refractivity contribution in [2.45, 2.75) is 13.0 Å². The average Bonchev–Trinajstić information content (AvgIpc) is 2.83. The van der Waals surface area contributed by atoms with E-state index in [2.05, 4.69) is 10.2 Å². The molecule has 1 N–H and O–H groups in total. The molecule has 0 aliphatic carbocycles. The third kappa shape index (κ3) is 2.28. The maximum atomic E-state index is 6.33. The van der Waals surface area contributed by atoms with E-state index in [1.54, 1.807) is 0 Å². The zero-order valence-electron chi connectivity index (χ0n) is 9.84. The number of ether oxygens (including phenoxy) is 1. The molecule has 1 saturated heterocycles. The Morgan fingerprint density at radius 1 is 1.29 bits per heavy atom. The van der Waals surface area contributed by atoms with Crippen molar-refractivity contribution in [1.29, 1.82) is 0 Å². The number of benzene rings is 1. The van der Waals surface area contributed by atoms with Crippen LogP contribution in [0.2, 0.25) is 5.02 Å². The third-order valence-electron chi connectivity index (χ3n) is 3.53. The lowest BCUT2D eigenvalue weighted by Crippen LogP contribution is -2.43. The SMILES string of the molecule is Clc1ccc2c(c1CN1CCNCC1)CCO2. The van der Waals surface area contributed by atoms with Gasteiger partial charge in [0.15, 0.2) is 0 Å². The Kier molecular flexibility index (Phi) is 3.23. The zero-order valence-corrected chi connectivity index (χ0v) is 10.6. The highest BCUT2D eigenvalue weighted by molar-refractivity contribution is 6.31. The number of rotatable bonds is 2. The van der Waals surface area contributed by atoms with E-state index in [1.165, 1.54) is 11.1 Å². The summed E-state index contributed by atoms with van der Waals surface area (Å²) in [7, 11) is 0. The second-order valence-electron chi connectivity index (χ2n) is 4.63. The quantitative estimate of drug-likeness (QED) is 0.867. The fourth-order valence-electron chi connectivity index (χ4n) is 2.58. The summed E-state index contributed by atoms with van der Waals surface area (Å²) in [6.45, 7) is 6.09. The molecule has 0 amide bonds. The molecule has 0 radical (unpaired) electrons. The third-order valence-corrected chi connectivity index (χ3v) is 3.89. The lowest BCUT2D eigenvalue weighted by atomic mass is 10.0. The highest BCUT2D eigenvalue weighted by Crippen LogP contribution is 2.33. The van der Waals surface area contributed by atoms with Gasteiger partial charge in [-0.05, 0) is 17.7 Å². The number of nitrogens with one attached hydrogen (secondary N) is 1. The van der Waals surface area contributed by atoms with E-state index in [4.69, 9.17) is 16.3 Å². The van der Waals surface area contributed by atoms with Crippen LogP contribution in [-0.2, 0) is 13.0 Å². The lowest BCUT2D eigenvalue weighted by molar-refractivity contribution is 0.233. The van der Waals surface area contributed by atoms with E-state index in [9.17, 15) is 0 Å². The second kappa shape index (κ2) is 4.84. The summed E-state index contributed by atoms with van der Waals surface area (Å²) in [4.78, 5) is 2.45. The topological polar surface area (TPSA) is 24.5 Å². The van der Waals surface area contributed by atoms with Crippen molar-refractivity contribution in [2.75, 3.05) is 32.8 Å². The Balaban J connectivity index is 1.84. The molecule has 2 aliphatic heterocycles. The molecule has 4 heteroatoms. The van der Waals surface area contributed by atoms with Gasteiger partial charge in [-0.15, -0.1) is 0 Å². The first-order valence-corrected chi connectivity index (χ1v) is 6.58. The predicted molar refractivity (Wildman–Crippen MR) is 68.8 cm³/mol. The minimum atomic E-state index is 0.796. The minimum absolute atomic E-state index is 0.796. The van der Waals surface area contributed by atoms with Gasteiger partial charge in [0.1, 0.15) is 5.75 Å². The van der Waals surface area contributed by atoms with E-state index in [0.717, 1.165) is 56.5 Å². The standard InChI is InChI=1S/C13H17ClN2O/c14-12-1-2-13-10(3-8-17-13)11(12)9-16-6-4-15-5-7-16/h1-2,15H,3-9H2. The van der Waals surface area contributed by atoms with Gasteiger partial charge in [0, 0.05) is 49.7 Å². The van der Waals surface area contributed by atoms with Crippen LogP contribution in [0.3, 0.4) is 0 Å². The van der Waals surface area contributed by atoms with Crippen LogP contribution < -0.4 is 10.1 Å². The number of hydrogen-bond donors (Lipinski definition) is 1. The maximum Gasteiger partial charge on any atom is 0.123 e. The summed E-state index contributed by atoms with van der Waals surface area (Å²) < 4.78 is 5.59. The van der Waals surface area contributed by atoms with Gasteiger partial charge in [-0.1, -0.05) is 11.6 Å². The number of nitrogens with zero attached hydrogens (tertiary/aromatic N) is 1. The Hall–Kier alpha value is -0.770. The Morgan fingerprint density at radius 3 is 2.94 bits per heavy atom. The molecule has 1 aromatic rings. The van der Waals surface area contributed by atoms with Crippen molar-refractivity contribution in [3.8, 4) is 5.75 Å². The molecule has 1 fully saturated rings. The lowest BCUT2D eigenvalue weighted by Gasteiger charge is -2.28. The first-order chi connectivity index (χ1) is 8.34. The normalized spacial score (nSPS) is 20.1. The summed E-state index contributed by atoms with van der Waals surface area (Å²) in [5.41, 5.74) is 2.58. The summed E-state index contributed by atoms with van der Waals surface area (Å²) in [6.07, 6.45) is 0.997. The van der Waals surface area contributed by atoms with Crippen molar-refractivity contribution in [3.05, 3.63) is 28.3 Å². The van der Waals surface area contributed by atoms with E-state index in [0.29, 0.717) is 0 Å². The molecule has 0 aromatic heterocycles. The van der Waals surface area contributed by atoms with Crippen LogP contribution in [-0.4, -0.2) is 37.7 Å². The molecule has 3 nitrogen and oxygen atoms in total. The van der Waals surface area contributed by atoms with Crippen LogP contribution in [0, 0.1) is 0 Å². The van der Waals surface area contributed by atoms with Crippen molar-refractivity contribution in [2.24, 2.45) is 0 Å². The summed E-state index contributed by atoms with van der Waals surface area (Å²) in [6, 6.07) is 3.95. The smallest absolute Gasteiger partial charge is 0.123 e. The van der Waals surface area contributed by atoms with E-state index >= 15 is 0 Å². The number of hydrogen-bond acceptors (Lipinski definition) is 3. The van der Waals surface area contributed by atoms with Crippen molar-refractivity contribution >= 4 is 11.6 Å². The van der Waals surface area contributed by atoms with Gasteiger partial charge in [0.25, 0.3) is 0 Å². The molecule has 17 heavy (non-hydrogen) atoms. The summed E-state index contributed by atoms with van der Waals surface area (Å²) >= 11 is 6.33. The fraction of sp³-hybridized carbons (Fsp3) is 0.538. The van der Waals surface area contributed by atoms with E-state index in [1.807, 2.05) is 12.1 Å². The zero-order chi connectivity index (χ0) is 11.7. The van der Waals surface area contributed by atoms with Gasteiger partial charge < -0.3 is 10.1 Å². The highest BCUT2D eigenvalue weighted by Gasteiger charge is 2.20. The van der Waals surface area contributed by atoms with E-state index < -0.39 is 0 Å². The van der Waals surface area contributed by atoms with Gasteiger partial charge in [-0.3, -0.25) is 4.90 Å². The molecule has 92 valence electrons. The van der Waals surface area contributed by atoms with Crippen LogP contribution in [0.25, 0.3) is 0 Å². The molecule has 0 unspecified atom stereocenters. The van der Waals surface area contributed by atoms with Gasteiger partial charge in [-0.2, -0.15) is 0 Å². The molecule has 0 atom stereocenters. The highest BCUT2D eigenvalue weighted by atomic mass is 35.5. The Morgan fingerprint density at radius 2 is 2.12 bits per heavy atom. The minimum Gasteiger partial charge on any atom is -0.493 e. The molecule has 2 aliphatic rings. The van der Waals surface area contributed by atoms with Crippen molar-refractivity contribution in [3.63, 3.8) is 0 Å². The first-order valence-electron chi connectivity index (χ1n) is 6.21. The number of fused-ring (bicyclic) bond motifs is 1. The maximum absolute atomic E-state index is 6.33. The van der Waals surface area contributed by atoms with Crippen molar-refractivity contribution in [1.82, 2.24) is 10.2 Å². The number of halogens is 1. The average molecular weight is 253 g/mol. The number of piperazine rings is 1. The Bertz CT molecular complexity index is 416. The first kappa shape index (κ1) is 11.3. The molecule has 2 heterocycles. The van der Waals surface area contributed by atoms with Crippen LogP contribution in [0.15, 0.2) is 12.1 Å².